The number of rotatable bonds is 75. The molecular weight excluding hydrogens is 1250 g/mol. The second-order valence-corrected chi connectivity index (χ2v) is 31.3. The first kappa shape index (κ1) is 93.1. The Balaban J connectivity index is 5.25. The van der Waals surface area contributed by atoms with E-state index in [4.69, 9.17) is 37.0 Å². The molecule has 0 saturated heterocycles. The zero-order valence-electron chi connectivity index (χ0n) is 62.0. The topological polar surface area (TPSA) is 237 Å². The molecular formula is C76H148O17P2. The molecule has 17 nitrogen and oxygen atoms in total. The molecule has 0 aromatic carbocycles. The predicted octanol–water partition coefficient (Wildman–Crippen LogP) is 22.3. The van der Waals surface area contributed by atoms with E-state index >= 15 is 0 Å². The minimum atomic E-state index is -4.96. The molecule has 0 aliphatic rings. The number of hydrogen-bond donors (Lipinski definition) is 3. The minimum Gasteiger partial charge on any atom is -0.462 e. The number of carbonyl (C=O) groups excluding carboxylic acids is 4. The smallest absolute Gasteiger partial charge is 0.462 e. The van der Waals surface area contributed by atoms with Crippen LogP contribution in [0.5, 0.6) is 0 Å². The molecule has 0 aliphatic heterocycles. The van der Waals surface area contributed by atoms with Crippen molar-refractivity contribution in [1.82, 2.24) is 0 Å². The summed E-state index contributed by atoms with van der Waals surface area (Å²) in [6.45, 7) is 9.54. The van der Waals surface area contributed by atoms with Crippen molar-refractivity contribution in [3.8, 4) is 0 Å². The molecule has 564 valence electrons. The number of hydrogen-bond acceptors (Lipinski definition) is 15. The van der Waals surface area contributed by atoms with Gasteiger partial charge in [-0.25, -0.2) is 9.13 Å². The third-order valence-corrected chi connectivity index (χ3v) is 19.6. The molecule has 0 amide bonds. The Morgan fingerprint density at radius 3 is 0.716 bits per heavy atom. The highest BCUT2D eigenvalue weighted by atomic mass is 31.2. The number of aliphatic hydroxyl groups is 1. The highest BCUT2D eigenvalue weighted by Crippen LogP contribution is 2.45. The highest BCUT2D eigenvalue weighted by molar-refractivity contribution is 7.47. The van der Waals surface area contributed by atoms with Gasteiger partial charge in [0.05, 0.1) is 26.4 Å². The summed E-state index contributed by atoms with van der Waals surface area (Å²) in [4.78, 5) is 72.8. The molecule has 0 saturated carbocycles. The maximum Gasteiger partial charge on any atom is 0.472 e. The van der Waals surface area contributed by atoms with Crippen molar-refractivity contribution >= 4 is 39.5 Å². The summed E-state index contributed by atoms with van der Waals surface area (Å²) in [5.74, 6) is -0.658. The van der Waals surface area contributed by atoms with E-state index in [2.05, 4.69) is 41.5 Å². The number of esters is 4. The van der Waals surface area contributed by atoms with Gasteiger partial charge in [0.15, 0.2) is 12.2 Å². The standard InChI is InChI=1S/C76H148O17P2/c1-7-9-11-13-15-17-19-21-23-24-26-28-30-35-41-48-54-60-75(80)92-71(64-86-73(78)58-52-46-40-34-29-27-25-22-20-18-16-14-12-10-8-2)66-90-94(82,83)88-62-70(77)63-89-95(84,85)91-67-72(65-87-74(79)59-53-47-43-37-39-45-51-57-69(5)6)93-76(81)61-55-49-42-36-32-31-33-38-44-50-56-68(3)4/h68-72,77H,7-67H2,1-6H3,(H,82,83)(H,84,85)/t70-,71-,72-/m1/s1. The van der Waals surface area contributed by atoms with Crippen molar-refractivity contribution in [2.45, 2.75) is 413 Å². The van der Waals surface area contributed by atoms with Crippen LogP contribution < -0.4 is 0 Å². The van der Waals surface area contributed by atoms with Crippen LogP contribution in [0.1, 0.15) is 395 Å². The van der Waals surface area contributed by atoms with Crippen LogP contribution in [0.4, 0.5) is 0 Å². The third-order valence-electron chi connectivity index (χ3n) is 17.7. The van der Waals surface area contributed by atoms with E-state index in [1.54, 1.807) is 0 Å². The van der Waals surface area contributed by atoms with E-state index in [0.29, 0.717) is 31.6 Å². The van der Waals surface area contributed by atoms with Gasteiger partial charge in [0.25, 0.3) is 0 Å². The first-order valence-corrected chi connectivity index (χ1v) is 42.5. The SMILES string of the molecule is CCCCCCCCCCCCCCCCCCCC(=O)O[C@H](COC(=O)CCCCCCCCCCCCCCCCC)COP(=O)(O)OC[C@@H](O)COP(=O)(O)OC[C@@H](COC(=O)CCCCCCCCCC(C)C)OC(=O)CCCCCCCCCCCCC(C)C. The Morgan fingerprint density at radius 1 is 0.284 bits per heavy atom. The first-order chi connectivity index (χ1) is 45.9. The molecule has 3 N–H and O–H groups in total. The van der Waals surface area contributed by atoms with Gasteiger partial charge < -0.3 is 33.8 Å². The molecule has 0 aromatic rings. The van der Waals surface area contributed by atoms with Gasteiger partial charge in [-0.05, 0) is 37.5 Å². The fraction of sp³-hybridized carbons (Fsp3) is 0.947. The van der Waals surface area contributed by atoms with Crippen molar-refractivity contribution in [1.29, 1.82) is 0 Å². The number of aliphatic hydroxyl groups excluding tert-OH is 1. The number of phosphoric acid groups is 2. The van der Waals surface area contributed by atoms with Gasteiger partial charge in [0.1, 0.15) is 19.3 Å². The highest BCUT2D eigenvalue weighted by Gasteiger charge is 2.30. The van der Waals surface area contributed by atoms with Gasteiger partial charge in [-0.15, -0.1) is 0 Å². The summed E-state index contributed by atoms with van der Waals surface area (Å²) in [5.41, 5.74) is 0. The fourth-order valence-electron chi connectivity index (χ4n) is 11.7. The van der Waals surface area contributed by atoms with Crippen LogP contribution >= 0.6 is 15.6 Å². The Bertz CT molecular complexity index is 1840. The molecule has 0 spiro atoms. The first-order valence-electron chi connectivity index (χ1n) is 39.5. The maximum absolute atomic E-state index is 13.1. The van der Waals surface area contributed by atoms with E-state index in [-0.39, 0.29) is 25.7 Å². The van der Waals surface area contributed by atoms with Gasteiger partial charge in [-0.2, -0.15) is 0 Å². The minimum absolute atomic E-state index is 0.105. The predicted molar refractivity (Wildman–Crippen MR) is 386 cm³/mol. The maximum atomic E-state index is 13.1. The summed E-state index contributed by atoms with van der Waals surface area (Å²) >= 11 is 0. The average molecular weight is 1400 g/mol. The van der Waals surface area contributed by atoms with Crippen molar-refractivity contribution in [3.63, 3.8) is 0 Å². The van der Waals surface area contributed by atoms with E-state index in [9.17, 15) is 43.2 Å². The van der Waals surface area contributed by atoms with Crippen molar-refractivity contribution in [2.75, 3.05) is 39.6 Å². The van der Waals surface area contributed by atoms with E-state index in [0.717, 1.165) is 102 Å². The van der Waals surface area contributed by atoms with Gasteiger partial charge in [0, 0.05) is 25.7 Å². The van der Waals surface area contributed by atoms with Gasteiger partial charge in [-0.1, -0.05) is 343 Å². The van der Waals surface area contributed by atoms with Crippen molar-refractivity contribution in [3.05, 3.63) is 0 Å². The van der Waals surface area contributed by atoms with E-state index < -0.39 is 97.5 Å². The molecule has 0 bridgehead atoms. The monoisotopic (exact) mass is 1400 g/mol. The summed E-state index contributed by atoms with van der Waals surface area (Å²) in [6.07, 6.45) is 55.5. The van der Waals surface area contributed by atoms with Crippen molar-refractivity contribution < 1.29 is 80.2 Å². The molecule has 2 unspecified atom stereocenters. The summed E-state index contributed by atoms with van der Waals surface area (Å²) in [6, 6.07) is 0. The number of ether oxygens (including phenoxy) is 4. The fourth-order valence-corrected chi connectivity index (χ4v) is 13.2. The third kappa shape index (κ3) is 70.3. The lowest BCUT2D eigenvalue weighted by Gasteiger charge is -2.21. The Kier molecular flexibility index (Phi) is 66.5. The van der Waals surface area contributed by atoms with Crippen LogP contribution in [0.2, 0.25) is 0 Å². The summed E-state index contributed by atoms with van der Waals surface area (Å²) in [7, 11) is -9.91. The van der Waals surface area contributed by atoms with Crippen LogP contribution in [-0.2, 0) is 65.4 Å². The molecule has 0 heterocycles. The van der Waals surface area contributed by atoms with Crippen LogP contribution in [0, 0.1) is 11.8 Å². The number of unbranched alkanes of at least 4 members (excludes halogenated alkanes) is 45. The van der Waals surface area contributed by atoms with Gasteiger partial charge in [-0.3, -0.25) is 37.3 Å². The van der Waals surface area contributed by atoms with Crippen LogP contribution in [-0.4, -0.2) is 96.7 Å². The summed E-state index contributed by atoms with van der Waals surface area (Å²) in [5, 5.41) is 10.6. The molecule has 0 radical (unpaired) electrons. The molecule has 5 atom stereocenters. The lowest BCUT2D eigenvalue weighted by Crippen LogP contribution is -2.30. The van der Waals surface area contributed by atoms with Crippen LogP contribution in [0.3, 0.4) is 0 Å². The van der Waals surface area contributed by atoms with Gasteiger partial charge >= 0.3 is 39.5 Å². The second-order valence-electron chi connectivity index (χ2n) is 28.3. The molecule has 95 heavy (non-hydrogen) atoms. The van der Waals surface area contributed by atoms with Crippen LogP contribution in [0.25, 0.3) is 0 Å². The van der Waals surface area contributed by atoms with Crippen LogP contribution in [0.15, 0.2) is 0 Å². The average Bonchev–Trinajstić information content (AvgIpc) is 1.64. The molecule has 19 heteroatoms. The summed E-state index contributed by atoms with van der Waals surface area (Å²) < 4.78 is 68.5. The zero-order chi connectivity index (χ0) is 70.0. The van der Waals surface area contributed by atoms with Gasteiger partial charge in [0.2, 0.25) is 0 Å². The van der Waals surface area contributed by atoms with E-state index in [1.165, 1.54) is 205 Å². The quantitative estimate of drug-likeness (QED) is 0.0222. The Morgan fingerprint density at radius 2 is 0.484 bits per heavy atom. The normalized spacial score (nSPS) is 14.0. The van der Waals surface area contributed by atoms with Crippen molar-refractivity contribution in [2.24, 2.45) is 11.8 Å². The largest absolute Gasteiger partial charge is 0.472 e. The molecule has 0 aliphatic carbocycles. The molecule has 0 fully saturated rings. The lowest BCUT2D eigenvalue weighted by molar-refractivity contribution is -0.161. The number of carbonyl (C=O) groups is 4. The molecule has 0 rings (SSSR count). The lowest BCUT2D eigenvalue weighted by atomic mass is 10.0. The second kappa shape index (κ2) is 67.9. The Hall–Kier alpha value is -1.94. The molecule has 0 aromatic heterocycles. The zero-order valence-corrected chi connectivity index (χ0v) is 63.8. The number of phosphoric ester groups is 2. The Labute approximate surface area is 581 Å². The van der Waals surface area contributed by atoms with E-state index in [1.807, 2.05) is 0 Å².